The minimum atomic E-state index is -0.685. The summed E-state index contributed by atoms with van der Waals surface area (Å²) >= 11 is 0. The number of nitrogens with zero attached hydrogens (tertiary/aromatic N) is 4. The van der Waals surface area contributed by atoms with Crippen LogP contribution >= 0.6 is 0 Å². The van der Waals surface area contributed by atoms with Gasteiger partial charge in [0.1, 0.15) is 13.1 Å². The number of carbonyl (C=O) groups excluding carboxylic acids is 1. The van der Waals surface area contributed by atoms with Gasteiger partial charge in [-0.2, -0.15) is 4.98 Å². The quantitative estimate of drug-likeness (QED) is 0.335. The molecule has 5 aromatic rings. The lowest BCUT2D eigenvalue weighted by Gasteiger charge is -2.14. The van der Waals surface area contributed by atoms with Crippen molar-refractivity contribution in [2.75, 3.05) is 19.5 Å². The van der Waals surface area contributed by atoms with Crippen LogP contribution in [0.1, 0.15) is 5.89 Å². The predicted octanol–water partition coefficient (Wildman–Crippen LogP) is 2.92. The number of fused-ring (bicyclic) bond motifs is 1. The van der Waals surface area contributed by atoms with Crippen LogP contribution in [0.3, 0.4) is 0 Å². The summed E-state index contributed by atoms with van der Waals surface area (Å²) in [5.41, 5.74) is 0.309. The molecule has 0 radical (unpaired) electrons. The van der Waals surface area contributed by atoms with Crippen molar-refractivity contribution in [1.82, 2.24) is 19.3 Å². The van der Waals surface area contributed by atoms with E-state index in [2.05, 4.69) is 15.5 Å². The lowest BCUT2D eigenvalue weighted by atomic mass is 10.2. The van der Waals surface area contributed by atoms with E-state index in [-0.39, 0.29) is 24.4 Å². The first-order valence-corrected chi connectivity index (χ1v) is 11.6. The van der Waals surface area contributed by atoms with E-state index >= 15 is 0 Å². The summed E-state index contributed by atoms with van der Waals surface area (Å²) in [5.74, 6) is 0.898. The summed E-state index contributed by atoms with van der Waals surface area (Å²) in [6, 6.07) is 20.7. The maximum absolute atomic E-state index is 13.5. The Balaban J connectivity index is 1.47. The molecule has 0 aliphatic rings. The average molecular weight is 514 g/mol. The van der Waals surface area contributed by atoms with Crippen molar-refractivity contribution >= 4 is 22.5 Å². The number of anilines is 1. The molecule has 0 aliphatic carbocycles. The number of methoxy groups -OCH3 is 2. The van der Waals surface area contributed by atoms with Crippen LogP contribution in [0.5, 0.6) is 11.5 Å². The van der Waals surface area contributed by atoms with Crippen molar-refractivity contribution in [2.24, 2.45) is 0 Å². The molecule has 5 rings (SSSR count). The van der Waals surface area contributed by atoms with Crippen LogP contribution < -0.4 is 26.0 Å². The highest BCUT2D eigenvalue weighted by molar-refractivity contribution is 5.92. The number of nitrogens with one attached hydrogen (secondary N) is 1. The molecule has 0 bridgehead atoms. The second kappa shape index (κ2) is 10.4. The van der Waals surface area contributed by atoms with Crippen LogP contribution in [0.2, 0.25) is 0 Å². The van der Waals surface area contributed by atoms with Crippen molar-refractivity contribution < 1.29 is 18.8 Å². The molecule has 0 saturated carbocycles. The highest BCUT2D eigenvalue weighted by Gasteiger charge is 2.18. The Morgan fingerprint density at radius 2 is 1.66 bits per heavy atom. The summed E-state index contributed by atoms with van der Waals surface area (Å²) in [7, 11) is 3.00. The van der Waals surface area contributed by atoms with E-state index in [9.17, 15) is 14.4 Å². The molecule has 192 valence electrons. The van der Waals surface area contributed by atoms with Gasteiger partial charge < -0.3 is 19.3 Å². The number of hydrogen-bond donors (Lipinski definition) is 1. The van der Waals surface area contributed by atoms with E-state index in [1.807, 2.05) is 30.3 Å². The maximum Gasteiger partial charge on any atom is 0.332 e. The summed E-state index contributed by atoms with van der Waals surface area (Å²) in [4.78, 5) is 44.0. The van der Waals surface area contributed by atoms with Crippen LogP contribution in [0, 0.1) is 0 Å². The molecule has 0 unspecified atom stereocenters. The van der Waals surface area contributed by atoms with E-state index < -0.39 is 17.2 Å². The number of aromatic nitrogens is 4. The molecule has 3 aromatic carbocycles. The molecule has 11 nitrogen and oxygen atoms in total. The fourth-order valence-corrected chi connectivity index (χ4v) is 4.08. The molecule has 0 saturated heterocycles. The second-order valence-electron chi connectivity index (χ2n) is 8.27. The standard InChI is InChI=1S/C27H23N5O6/c1-36-21-13-12-18(14-22(21)37-2)28-23(33)15-31-20-11-7-6-10-19(20)26(34)32(27(31)35)16-24-29-25(30-38-24)17-8-4-3-5-9-17/h3-14H,15-16H2,1-2H3,(H,28,33). The Bertz CT molecular complexity index is 1740. The van der Waals surface area contributed by atoms with E-state index in [1.54, 1.807) is 42.5 Å². The minimum absolute atomic E-state index is 0.0830. The molecule has 1 N–H and O–H groups in total. The smallest absolute Gasteiger partial charge is 0.332 e. The Morgan fingerprint density at radius 3 is 2.42 bits per heavy atom. The maximum atomic E-state index is 13.5. The van der Waals surface area contributed by atoms with Crippen molar-refractivity contribution in [3.8, 4) is 22.9 Å². The molecule has 11 heteroatoms. The number of carbonyl (C=O) groups is 1. The molecular weight excluding hydrogens is 490 g/mol. The normalized spacial score (nSPS) is 10.9. The molecule has 0 atom stereocenters. The summed E-state index contributed by atoms with van der Waals surface area (Å²) in [5, 5.41) is 6.98. The lowest BCUT2D eigenvalue weighted by molar-refractivity contribution is -0.116. The molecule has 38 heavy (non-hydrogen) atoms. The van der Waals surface area contributed by atoms with E-state index in [4.69, 9.17) is 14.0 Å². The van der Waals surface area contributed by atoms with Gasteiger partial charge in [0.25, 0.3) is 5.56 Å². The molecule has 1 amide bonds. The Hall–Kier alpha value is -5.19. The third kappa shape index (κ3) is 4.76. The molecule has 2 heterocycles. The Labute approximate surface area is 215 Å². The zero-order chi connectivity index (χ0) is 26.6. The van der Waals surface area contributed by atoms with Crippen LogP contribution in [0.4, 0.5) is 5.69 Å². The molecule has 0 spiro atoms. The van der Waals surface area contributed by atoms with Gasteiger partial charge in [-0.05, 0) is 24.3 Å². The van der Waals surface area contributed by atoms with Crippen LogP contribution in [-0.2, 0) is 17.9 Å². The van der Waals surface area contributed by atoms with Crippen molar-refractivity contribution in [3.05, 3.63) is 99.5 Å². The Morgan fingerprint density at radius 1 is 0.921 bits per heavy atom. The predicted molar refractivity (Wildman–Crippen MR) is 139 cm³/mol. The number of benzene rings is 3. The highest BCUT2D eigenvalue weighted by atomic mass is 16.5. The largest absolute Gasteiger partial charge is 0.493 e. The van der Waals surface area contributed by atoms with Gasteiger partial charge in [0.05, 0.1) is 25.1 Å². The van der Waals surface area contributed by atoms with Gasteiger partial charge in [-0.15, -0.1) is 0 Å². The van der Waals surface area contributed by atoms with Crippen molar-refractivity contribution in [2.45, 2.75) is 13.1 Å². The van der Waals surface area contributed by atoms with Gasteiger partial charge in [0.2, 0.25) is 17.6 Å². The van der Waals surface area contributed by atoms with Gasteiger partial charge in [-0.25, -0.2) is 4.79 Å². The van der Waals surface area contributed by atoms with Crippen LogP contribution in [0.15, 0.2) is 86.9 Å². The monoisotopic (exact) mass is 513 g/mol. The molecule has 2 aromatic heterocycles. The Kier molecular flexibility index (Phi) is 6.72. The average Bonchev–Trinajstić information content (AvgIpc) is 3.42. The third-order valence-corrected chi connectivity index (χ3v) is 5.89. The SMILES string of the molecule is COc1ccc(NC(=O)Cn2c(=O)n(Cc3nc(-c4ccccc4)no3)c(=O)c3ccccc32)cc1OC. The van der Waals surface area contributed by atoms with Gasteiger partial charge in [0.15, 0.2) is 11.5 Å². The zero-order valence-corrected chi connectivity index (χ0v) is 20.6. The summed E-state index contributed by atoms with van der Waals surface area (Å²) in [6.45, 7) is -0.591. The van der Waals surface area contributed by atoms with E-state index in [1.165, 1.54) is 18.8 Å². The van der Waals surface area contributed by atoms with Crippen LogP contribution in [-0.4, -0.2) is 39.4 Å². The fourth-order valence-electron chi connectivity index (χ4n) is 4.08. The van der Waals surface area contributed by atoms with Gasteiger partial charge >= 0.3 is 5.69 Å². The van der Waals surface area contributed by atoms with E-state index in [0.29, 0.717) is 28.5 Å². The number of para-hydroxylation sites is 1. The fraction of sp³-hybridized carbons (Fsp3) is 0.148. The van der Waals surface area contributed by atoms with Crippen molar-refractivity contribution in [3.63, 3.8) is 0 Å². The van der Waals surface area contributed by atoms with E-state index in [0.717, 1.165) is 10.1 Å². The molecule has 0 fully saturated rings. The first kappa shape index (κ1) is 24.5. The van der Waals surface area contributed by atoms with Crippen molar-refractivity contribution in [1.29, 1.82) is 0 Å². The zero-order valence-electron chi connectivity index (χ0n) is 20.6. The number of ether oxygens (including phenoxy) is 2. The van der Waals surface area contributed by atoms with Gasteiger partial charge in [-0.1, -0.05) is 47.6 Å². The lowest BCUT2D eigenvalue weighted by Crippen LogP contribution is -2.42. The molecule has 0 aliphatic heterocycles. The topological polar surface area (TPSA) is 130 Å². The highest BCUT2D eigenvalue weighted by Crippen LogP contribution is 2.29. The van der Waals surface area contributed by atoms with Gasteiger partial charge in [-0.3, -0.25) is 18.7 Å². The summed E-state index contributed by atoms with van der Waals surface area (Å²) < 4.78 is 18.0. The third-order valence-electron chi connectivity index (χ3n) is 5.89. The number of amides is 1. The number of rotatable bonds is 8. The van der Waals surface area contributed by atoms with Crippen LogP contribution in [0.25, 0.3) is 22.3 Å². The first-order chi connectivity index (χ1) is 18.5. The second-order valence-corrected chi connectivity index (χ2v) is 8.27. The molecular formula is C27H23N5O6. The number of hydrogen-bond acceptors (Lipinski definition) is 8. The first-order valence-electron chi connectivity index (χ1n) is 11.6. The van der Waals surface area contributed by atoms with Gasteiger partial charge in [0, 0.05) is 17.3 Å². The summed E-state index contributed by atoms with van der Waals surface area (Å²) in [6.07, 6.45) is 0. The minimum Gasteiger partial charge on any atom is -0.493 e.